The van der Waals surface area contributed by atoms with Crippen LogP contribution in [-0.2, 0) is 19.2 Å². The predicted molar refractivity (Wildman–Crippen MR) is 176 cm³/mol. The summed E-state index contributed by atoms with van der Waals surface area (Å²) in [5, 5.41) is 81.2. The third-order valence-electron chi connectivity index (χ3n) is 5.04. The van der Waals surface area contributed by atoms with Crippen molar-refractivity contribution in [2.75, 3.05) is 65.9 Å². The Morgan fingerprint density at radius 2 is 0.745 bits per heavy atom. The Kier molecular flexibility index (Phi) is 67.3. The highest BCUT2D eigenvalue weighted by molar-refractivity contribution is 5.67. The summed E-state index contributed by atoms with van der Waals surface area (Å²) >= 11 is 0. The minimum atomic E-state index is -0.870. The van der Waals surface area contributed by atoms with Gasteiger partial charge in [0.25, 0.3) is 0 Å². The minimum Gasteiger partial charge on any atom is -0.481 e. The Balaban J connectivity index is -0.000000111. The third-order valence-corrected chi connectivity index (χ3v) is 5.04. The first-order valence-corrected chi connectivity index (χ1v) is 15.8. The molecule has 10 N–H and O–H groups in total. The molecule has 0 aliphatic carbocycles. The van der Waals surface area contributed by atoms with E-state index in [1.165, 1.54) is 12.2 Å². The lowest BCUT2D eigenvalue weighted by Gasteiger charge is -2.16. The van der Waals surface area contributed by atoms with Crippen molar-refractivity contribution in [1.29, 1.82) is 0 Å². The first kappa shape index (κ1) is 56.7. The van der Waals surface area contributed by atoms with Crippen LogP contribution in [0.15, 0.2) is 9.98 Å². The zero-order chi connectivity index (χ0) is 37.5. The normalized spacial score (nSPS) is 9.32. The van der Waals surface area contributed by atoms with E-state index >= 15 is 0 Å². The molecule has 0 radical (unpaired) electrons. The second kappa shape index (κ2) is 55.8. The second-order valence-electron chi connectivity index (χ2n) is 10.3. The van der Waals surface area contributed by atoms with E-state index in [-0.39, 0.29) is 71.1 Å². The zero-order valence-electron chi connectivity index (χ0n) is 28.5. The van der Waals surface area contributed by atoms with Crippen LogP contribution in [-0.4, -0.2) is 141 Å². The summed E-state index contributed by atoms with van der Waals surface area (Å²) < 4.78 is 0. The first-order valence-electron chi connectivity index (χ1n) is 15.8. The van der Waals surface area contributed by atoms with Crippen molar-refractivity contribution in [3.8, 4) is 0 Å². The Labute approximate surface area is 279 Å². The van der Waals surface area contributed by atoms with Gasteiger partial charge in [-0.15, -0.1) is 0 Å². The van der Waals surface area contributed by atoms with Gasteiger partial charge in [-0.25, -0.2) is 19.6 Å². The number of aliphatic imine (C=N–C) groups is 2. The molecule has 0 aromatic rings. The van der Waals surface area contributed by atoms with Crippen LogP contribution < -0.4 is 0 Å². The fourth-order valence-electron chi connectivity index (χ4n) is 2.23. The van der Waals surface area contributed by atoms with Gasteiger partial charge in [-0.05, 0) is 51.4 Å². The molecule has 0 fully saturated rings. The van der Waals surface area contributed by atoms with Crippen LogP contribution in [0.5, 0.6) is 0 Å². The highest BCUT2D eigenvalue weighted by Gasteiger charge is 2.13. The lowest BCUT2D eigenvalue weighted by Crippen LogP contribution is -2.20. The Hall–Kier alpha value is -2.62. The number of aliphatic hydroxyl groups excluding tert-OH is 8. The molecule has 0 aliphatic heterocycles. The Morgan fingerprint density at radius 3 is 0.936 bits per heavy atom. The summed E-state index contributed by atoms with van der Waals surface area (Å²) in [6.07, 6.45) is 13.1. The number of hydrogen-bond acceptors (Lipinski definition) is 14. The van der Waals surface area contributed by atoms with Crippen molar-refractivity contribution in [2.24, 2.45) is 15.4 Å². The van der Waals surface area contributed by atoms with E-state index in [9.17, 15) is 19.2 Å². The van der Waals surface area contributed by atoms with Crippen LogP contribution in [0.2, 0.25) is 0 Å². The number of carbonyl (C=O) groups is 2. The van der Waals surface area contributed by atoms with Gasteiger partial charge in [0.1, 0.15) is 0 Å². The number of isocyanates is 2. The molecule has 0 rings (SSSR count). The molecule has 0 saturated heterocycles. The topological polar surface area (TPSA) is 295 Å². The van der Waals surface area contributed by atoms with Gasteiger partial charge in [0.2, 0.25) is 12.2 Å². The SMILES string of the molecule is CC(C)(CO)CO.O=C(O)CCCCC(=O)O.O=C=NCCCCCCN=C=O.OCCCCCCO.OCCCCO.OCCO. The van der Waals surface area contributed by atoms with E-state index in [1.807, 2.05) is 0 Å². The largest absolute Gasteiger partial charge is 0.481 e. The molecule has 16 nitrogen and oxygen atoms in total. The van der Waals surface area contributed by atoms with E-state index < -0.39 is 11.9 Å². The fourth-order valence-corrected chi connectivity index (χ4v) is 2.23. The van der Waals surface area contributed by atoms with E-state index in [1.54, 1.807) is 13.8 Å². The molecule has 0 amide bonds. The number of nitrogens with zero attached hydrogens (tertiary/aromatic N) is 2. The summed E-state index contributed by atoms with van der Waals surface area (Å²) in [6.45, 7) is 5.51. The summed E-state index contributed by atoms with van der Waals surface area (Å²) in [5.41, 5.74) is -0.306. The van der Waals surface area contributed by atoms with Gasteiger partial charge in [0, 0.05) is 44.7 Å². The average Bonchev–Trinajstić information content (AvgIpc) is 3.06. The van der Waals surface area contributed by atoms with Crippen molar-refractivity contribution >= 4 is 24.1 Å². The van der Waals surface area contributed by atoms with Gasteiger partial charge < -0.3 is 51.1 Å². The maximum Gasteiger partial charge on any atom is 0.303 e. The van der Waals surface area contributed by atoms with Crippen LogP contribution in [0.3, 0.4) is 0 Å². The number of unbranched alkanes of at least 4 members (excludes halogenated alkanes) is 8. The molecule has 0 aliphatic rings. The molecule has 0 atom stereocenters. The maximum atomic E-state index is 9.90. The number of carboxylic acids is 2. The Morgan fingerprint density at radius 1 is 0.468 bits per heavy atom. The van der Waals surface area contributed by atoms with Crippen LogP contribution in [0.25, 0.3) is 0 Å². The van der Waals surface area contributed by atoms with E-state index in [0.29, 0.717) is 25.9 Å². The second-order valence-corrected chi connectivity index (χ2v) is 10.3. The number of carboxylic acid groups (broad SMARTS) is 2. The lowest BCUT2D eigenvalue weighted by atomic mass is 9.97. The summed E-state index contributed by atoms with van der Waals surface area (Å²) in [4.78, 5) is 45.9. The van der Waals surface area contributed by atoms with Crippen molar-refractivity contribution in [3.63, 3.8) is 0 Å². The van der Waals surface area contributed by atoms with Gasteiger partial charge in [-0.1, -0.05) is 39.5 Å². The lowest BCUT2D eigenvalue weighted by molar-refractivity contribution is -0.139. The number of carbonyl (C=O) groups excluding carboxylic acids is 2. The summed E-state index contributed by atoms with van der Waals surface area (Å²) in [6, 6.07) is 0. The highest BCUT2D eigenvalue weighted by atomic mass is 16.4. The summed E-state index contributed by atoms with van der Waals surface area (Å²) in [5.74, 6) is -1.74. The third kappa shape index (κ3) is 92.2. The molecule has 0 spiro atoms. The van der Waals surface area contributed by atoms with E-state index in [4.69, 9.17) is 51.1 Å². The molecule has 0 aromatic carbocycles. The van der Waals surface area contributed by atoms with Crippen molar-refractivity contribution < 1.29 is 70.2 Å². The molecular formula is C31H64N2O14. The average molecular weight is 689 g/mol. The van der Waals surface area contributed by atoms with Crippen LogP contribution in [0.1, 0.15) is 104 Å². The first-order chi connectivity index (χ1) is 22.4. The molecule has 282 valence electrons. The fraction of sp³-hybridized carbons (Fsp3) is 0.871. The standard InChI is InChI=1S/C8H12N2O2.C6H10O4.C6H14O2.C5H12O2.C4H10O2.C2H6O2/c11-7-9-5-3-1-2-4-6-10-8-12;7-5(8)3-1-2-4-6(9)10;7-5-3-1-2-4-6-8;1-5(2,3-6)4-7;5-3-1-2-4-6;3-1-2-4/h1-6H2;1-4H2,(H,7,8)(H,9,10);7-8H,1-6H2;6-7H,3-4H2,1-2H3;5-6H,1-4H2;3-4H,1-2H2. The minimum absolute atomic E-state index is 0.0451. The molecule has 0 bridgehead atoms. The predicted octanol–water partition coefficient (Wildman–Crippen LogP) is 1.19. The summed E-state index contributed by atoms with van der Waals surface area (Å²) in [7, 11) is 0. The molecule has 0 saturated carbocycles. The van der Waals surface area contributed by atoms with Crippen LogP contribution in [0, 0.1) is 5.41 Å². The van der Waals surface area contributed by atoms with Gasteiger partial charge in [0.05, 0.1) is 39.5 Å². The Bertz CT molecular complexity index is 644. The van der Waals surface area contributed by atoms with Crippen molar-refractivity contribution in [2.45, 2.75) is 104 Å². The molecule has 0 unspecified atom stereocenters. The highest BCUT2D eigenvalue weighted by Crippen LogP contribution is 2.10. The molecule has 0 aromatic heterocycles. The van der Waals surface area contributed by atoms with E-state index in [0.717, 1.165) is 64.2 Å². The number of aliphatic hydroxyl groups is 8. The van der Waals surface area contributed by atoms with Crippen molar-refractivity contribution in [1.82, 2.24) is 0 Å². The smallest absolute Gasteiger partial charge is 0.303 e. The zero-order valence-corrected chi connectivity index (χ0v) is 28.5. The van der Waals surface area contributed by atoms with E-state index in [2.05, 4.69) is 9.98 Å². The molecule has 47 heavy (non-hydrogen) atoms. The van der Waals surface area contributed by atoms with Crippen LogP contribution >= 0.6 is 0 Å². The van der Waals surface area contributed by atoms with Crippen LogP contribution in [0.4, 0.5) is 0 Å². The number of hydrogen-bond donors (Lipinski definition) is 10. The quantitative estimate of drug-likeness (QED) is 0.0410. The van der Waals surface area contributed by atoms with Gasteiger partial charge in [0.15, 0.2) is 0 Å². The maximum absolute atomic E-state index is 9.90. The molecular weight excluding hydrogens is 624 g/mol. The molecule has 0 heterocycles. The number of aliphatic carboxylic acids is 2. The molecule has 16 heteroatoms. The van der Waals surface area contributed by atoms with Gasteiger partial charge >= 0.3 is 11.9 Å². The monoisotopic (exact) mass is 688 g/mol. The number of rotatable bonds is 23. The van der Waals surface area contributed by atoms with Gasteiger partial charge in [-0.2, -0.15) is 0 Å². The van der Waals surface area contributed by atoms with Crippen molar-refractivity contribution in [3.05, 3.63) is 0 Å². The van der Waals surface area contributed by atoms with Gasteiger partial charge in [-0.3, -0.25) is 9.59 Å².